The summed E-state index contributed by atoms with van der Waals surface area (Å²) in [6.45, 7) is 2.30. The molecule has 1 aromatic carbocycles. The van der Waals surface area contributed by atoms with Gasteiger partial charge in [-0.1, -0.05) is 11.6 Å². The minimum Gasteiger partial charge on any atom is -0.468 e. The van der Waals surface area contributed by atoms with Crippen LogP contribution in [0.25, 0.3) is 10.6 Å². The molecule has 0 aliphatic carbocycles. The number of nitrogens with zero attached hydrogens (tertiary/aromatic N) is 1. The maximum absolute atomic E-state index is 11.5. The number of esters is 1. The van der Waals surface area contributed by atoms with E-state index >= 15 is 0 Å². The quantitative estimate of drug-likeness (QED) is 0.569. The molecule has 0 fully saturated rings. The lowest BCUT2D eigenvalue weighted by molar-refractivity contribution is -0.142. The summed E-state index contributed by atoms with van der Waals surface area (Å²) in [4.78, 5) is 15.9. The van der Waals surface area contributed by atoms with E-state index in [1.165, 1.54) is 11.3 Å². The van der Waals surface area contributed by atoms with E-state index in [-0.39, 0.29) is 19.2 Å². The number of aromatic nitrogens is 1. The lowest BCUT2D eigenvalue weighted by Gasteiger charge is -2.06. The van der Waals surface area contributed by atoms with Crippen LogP contribution in [0.3, 0.4) is 0 Å². The molecule has 2 rings (SSSR count). The number of benzene rings is 1. The zero-order chi connectivity index (χ0) is 15.9. The molecule has 7 heteroatoms. The van der Waals surface area contributed by atoms with E-state index in [0.717, 1.165) is 10.6 Å². The largest absolute Gasteiger partial charge is 0.468 e. The standard InChI is InChI=1S/C15H16ClNO4S/c1-3-20-14(18)6-10-8-22-15(17-10)12-5-4-11(7-13(12)16)21-9-19-2/h4-5,7-8H,3,6,9H2,1-2H3. The van der Waals surface area contributed by atoms with Gasteiger partial charge in [-0.2, -0.15) is 0 Å². The summed E-state index contributed by atoms with van der Waals surface area (Å²) in [5.41, 5.74) is 1.47. The molecule has 0 radical (unpaired) electrons. The smallest absolute Gasteiger partial charge is 0.311 e. The summed E-state index contributed by atoms with van der Waals surface area (Å²) in [5.74, 6) is 0.340. The zero-order valence-electron chi connectivity index (χ0n) is 12.3. The average molecular weight is 342 g/mol. The Bertz CT molecular complexity index is 644. The fourth-order valence-corrected chi connectivity index (χ4v) is 2.93. The van der Waals surface area contributed by atoms with E-state index in [1.54, 1.807) is 26.2 Å². The van der Waals surface area contributed by atoms with Gasteiger partial charge in [0.25, 0.3) is 0 Å². The fourth-order valence-electron chi connectivity index (χ4n) is 1.76. The van der Waals surface area contributed by atoms with Gasteiger partial charge >= 0.3 is 5.97 Å². The number of hydrogen-bond acceptors (Lipinski definition) is 6. The summed E-state index contributed by atoms with van der Waals surface area (Å²) in [7, 11) is 1.55. The minimum absolute atomic E-state index is 0.163. The van der Waals surface area contributed by atoms with Crippen LogP contribution in [0.4, 0.5) is 0 Å². The van der Waals surface area contributed by atoms with Gasteiger partial charge in [0.05, 0.1) is 23.7 Å². The maximum atomic E-state index is 11.5. The monoisotopic (exact) mass is 341 g/mol. The molecule has 0 spiro atoms. The molecule has 5 nitrogen and oxygen atoms in total. The topological polar surface area (TPSA) is 57.7 Å². The number of carbonyl (C=O) groups is 1. The highest BCUT2D eigenvalue weighted by atomic mass is 35.5. The number of ether oxygens (including phenoxy) is 3. The first kappa shape index (κ1) is 16.7. The van der Waals surface area contributed by atoms with Gasteiger partial charge in [-0.25, -0.2) is 4.98 Å². The second-order valence-corrected chi connectivity index (χ2v) is 5.58. The fraction of sp³-hybridized carbons (Fsp3) is 0.333. The molecule has 0 aliphatic heterocycles. The summed E-state index contributed by atoms with van der Waals surface area (Å²) in [6.07, 6.45) is 0.164. The van der Waals surface area contributed by atoms with Gasteiger partial charge in [0.15, 0.2) is 6.79 Å². The van der Waals surface area contributed by atoms with Gasteiger partial charge in [-0.05, 0) is 25.1 Å². The SMILES string of the molecule is CCOC(=O)Cc1csc(-c2ccc(OCOC)cc2Cl)n1. The highest BCUT2D eigenvalue weighted by molar-refractivity contribution is 7.13. The van der Waals surface area contributed by atoms with Crippen LogP contribution in [-0.4, -0.2) is 31.5 Å². The molecule has 0 amide bonds. The zero-order valence-corrected chi connectivity index (χ0v) is 13.9. The summed E-state index contributed by atoms with van der Waals surface area (Å²) >= 11 is 7.69. The lowest BCUT2D eigenvalue weighted by atomic mass is 10.2. The Balaban J connectivity index is 2.11. The van der Waals surface area contributed by atoms with Gasteiger partial charge in [0, 0.05) is 18.1 Å². The molecule has 0 N–H and O–H groups in total. The first-order chi connectivity index (χ1) is 10.6. The molecule has 0 saturated carbocycles. The van der Waals surface area contributed by atoms with Crippen molar-refractivity contribution >= 4 is 28.9 Å². The lowest BCUT2D eigenvalue weighted by Crippen LogP contribution is -2.07. The van der Waals surface area contributed by atoms with Crippen molar-refractivity contribution in [3.8, 4) is 16.3 Å². The van der Waals surface area contributed by atoms with E-state index < -0.39 is 0 Å². The van der Waals surface area contributed by atoms with Crippen molar-refractivity contribution in [2.24, 2.45) is 0 Å². The molecule has 1 aromatic heterocycles. The van der Waals surface area contributed by atoms with E-state index in [9.17, 15) is 4.79 Å². The third kappa shape index (κ3) is 4.43. The first-order valence-electron chi connectivity index (χ1n) is 6.65. The van der Waals surface area contributed by atoms with Crippen LogP contribution in [0.15, 0.2) is 23.6 Å². The van der Waals surface area contributed by atoms with Gasteiger partial charge in [0.2, 0.25) is 0 Å². The number of halogens is 1. The molecule has 0 atom stereocenters. The van der Waals surface area contributed by atoms with Crippen molar-refractivity contribution in [3.05, 3.63) is 34.3 Å². The number of thiazole rings is 1. The van der Waals surface area contributed by atoms with Gasteiger partial charge in [0.1, 0.15) is 10.8 Å². The Kier molecular flexibility index (Phi) is 6.18. The minimum atomic E-state index is -0.284. The van der Waals surface area contributed by atoms with Crippen LogP contribution in [0.1, 0.15) is 12.6 Å². The molecule has 0 unspecified atom stereocenters. The number of carbonyl (C=O) groups excluding carboxylic acids is 1. The van der Waals surface area contributed by atoms with Crippen LogP contribution >= 0.6 is 22.9 Å². The number of hydrogen-bond donors (Lipinski definition) is 0. The third-order valence-electron chi connectivity index (χ3n) is 2.70. The molecule has 1 heterocycles. The highest BCUT2D eigenvalue weighted by Crippen LogP contribution is 2.33. The summed E-state index contributed by atoms with van der Waals surface area (Å²) < 4.78 is 15.1. The van der Waals surface area contributed by atoms with Crippen LogP contribution in [0.2, 0.25) is 5.02 Å². The molecule has 22 heavy (non-hydrogen) atoms. The van der Waals surface area contributed by atoms with Crippen LogP contribution in [0, 0.1) is 0 Å². The second kappa shape index (κ2) is 8.12. The van der Waals surface area contributed by atoms with Crippen molar-refractivity contribution in [1.29, 1.82) is 0 Å². The Morgan fingerprint density at radius 3 is 2.91 bits per heavy atom. The average Bonchev–Trinajstić information content (AvgIpc) is 2.93. The van der Waals surface area contributed by atoms with Gasteiger partial charge in [-0.15, -0.1) is 11.3 Å². The number of methoxy groups -OCH3 is 1. The third-order valence-corrected chi connectivity index (χ3v) is 3.93. The molecular weight excluding hydrogens is 326 g/mol. The maximum Gasteiger partial charge on any atom is 0.311 e. The predicted octanol–water partition coefficient (Wildman–Crippen LogP) is 3.55. The van der Waals surface area contributed by atoms with E-state index in [1.807, 2.05) is 11.4 Å². The van der Waals surface area contributed by atoms with Crippen molar-refractivity contribution in [2.75, 3.05) is 20.5 Å². The van der Waals surface area contributed by atoms with Crippen LogP contribution < -0.4 is 4.74 Å². The molecular formula is C15H16ClNO4S. The molecule has 0 aliphatic rings. The Hall–Kier alpha value is -1.63. The van der Waals surface area contributed by atoms with Gasteiger partial charge in [-0.3, -0.25) is 4.79 Å². The van der Waals surface area contributed by atoms with Crippen molar-refractivity contribution in [2.45, 2.75) is 13.3 Å². The Labute approximate surface area is 137 Å². The Morgan fingerprint density at radius 2 is 2.23 bits per heavy atom. The van der Waals surface area contributed by atoms with Crippen LogP contribution in [-0.2, 0) is 20.7 Å². The Morgan fingerprint density at radius 1 is 1.41 bits per heavy atom. The highest BCUT2D eigenvalue weighted by Gasteiger charge is 2.12. The number of rotatable bonds is 7. The van der Waals surface area contributed by atoms with E-state index in [0.29, 0.717) is 23.1 Å². The van der Waals surface area contributed by atoms with Gasteiger partial charge < -0.3 is 14.2 Å². The van der Waals surface area contributed by atoms with E-state index in [2.05, 4.69) is 4.98 Å². The normalized spacial score (nSPS) is 10.5. The molecule has 2 aromatic rings. The van der Waals surface area contributed by atoms with Crippen molar-refractivity contribution < 1.29 is 19.0 Å². The van der Waals surface area contributed by atoms with Crippen molar-refractivity contribution in [3.63, 3.8) is 0 Å². The van der Waals surface area contributed by atoms with E-state index in [4.69, 9.17) is 25.8 Å². The molecule has 0 bridgehead atoms. The second-order valence-electron chi connectivity index (χ2n) is 4.32. The molecule has 118 valence electrons. The van der Waals surface area contributed by atoms with Crippen LogP contribution in [0.5, 0.6) is 5.75 Å². The predicted molar refractivity (Wildman–Crippen MR) is 85.4 cm³/mol. The summed E-state index contributed by atoms with van der Waals surface area (Å²) in [5, 5.41) is 3.12. The van der Waals surface area contributed by atoms with Crippen molar-refractivity contribution in [1.82, 2.24) is 4.98 Å². The first-order valence-corrected chi connectivity index (χ1v) is 7.91. The summed E-state index contributed by atoms with van der Waals surface area (Å²) in [6, 6.07) is 5.34. The molecule has 0 saturated heterocycles.